The minimum atomic E-state index is 0.122. The monoisotopic (exact) mass is 358 g/mol. The van der Waals surface area contributed by atoms with Crippen molar-refractivity contribution < 1.29 is 9.84 Å². The number of ether oxygens (including phenoxy) is 1. The molecule has 1 aromatic rings. The Morgan fingerprint density at radius 2 is 2.00 bits per heavy atom. The molecule has 0 saturated carbocycles. The summed E-state index contributed by atoms with van der Waals surface area (Å²) in [5.74, 6) is 0.588. The number of aromatic hydroxyl groups is 1. The summed E-state index contributed by atoms with van der Waals surface area (Å²) < 4.78 is 6.05. The number of nitrogens with zero attached hydrogens (tertiary/aromatic N) is 2. The third kappa shape index (κ3) is 3.42. The van der Waals surface area contributed by atoms with Gasteiger partial charge in [-0.15, -0.1) is 0 Å². The molecule has 0 radical (unpaired) electrons. The zero-order chi connectivity index (χ0) is 14.7. The van der Waals surface area contributed by atoms with E-state index in [1.165, 1.54) is 0 Å². The van der Waals surface area contributed by atoms with E-state index in [0.717, 1.165) is 36.7 Å². The van der Waals surface area contributed by atoms with Crippen molar-refractivity contribution in [3.8, 4) is 11.5 Å². The summed E-state index contributed by atoms with van der Waals surface area (Å²) in [4.78, 5) is 5.29. The van der Waals surface area contributed by atoms with Gasteiger partial charge in [-0.1, -0.05) is 12.2 Å². The van der Waals surface area contributed by atoms with Gasteiger partial charge in [-0.3, -0.25) is 0 Å². The van der Waals surface area contributed by atoms with Gasteiger partial charge in [-0.05, 0) is 42.0 Å². The van der Waals surface area contributed by atoms with Crippen LogP contribution in [0.2, 0.25) is 0 Å². The predicted octanol–water partition coefficient (Wildman–Crippen LogP) is 2.48. The Morgan fingerprint density at radius 3 is 2.60 bits per heavy atom. The standard InChI is InChI=1S/C14H19BrN2O2S/c1-3-19-12-9-10(8-11(15)13(12)18)14(20)17-6-4-16(2)5-7-17/h8-9,18H,3-7H2,1-2H3. The van der Waals surface area contributed by atoms with Crippen molar-refractivity contribution in [2.75, 3.05) is 39.8 Å². The number of thiocarbonyl (C=S) groups is 1. The molecule has 1 fully saturated rings. The first-order valence-electron chi connectivity index (χ1n) is 6.66. The molecule has 1 aliphatic heterocycles. The van der Waals surface area contributed by atoms with Crippen LogP contribution in [0.5, 0.6) is 11.5 Å². The van der Waals surface area contributed by atoms with Gasteiger partial charge in [0.05, 0.1) is 11.1 Å². The van der Waals surface area contributed by atoms with Crippen molar-refractivity contribution in [2.45, 2.75) is 6.92 Å². The van der Waals surface area contributed by atoms with E-state index < -0.39 is 0 Å². The van der Waals surface area contributed by atoms with E-state index in [1.54, 1.807) is 0 Å². The molecule has 2 rings (SSSR count). The Labute approximate surface area is 133 Å². The van der Waals surface area contributed by atoms with Gasteiger partial charge in [0.25, 0.3) is 0 Å². The molecule has 1 saturated heterocycles. The first kappa shape index (κ1) is 15.5. The topological polar surface area (TPSA) is 35.9 Å². The number of piperazine rings is 1. The zero-order valence-corrected chi connectivity index (χ0v) is 14.1. The molecule has 0 aromatic heterocycles. The summed E-state index contributed by atoms with van der Waals surface area (Å²) in [5.41, 5.74) is 0.901. The van der Waals surface area contributed by atoms with Crippen LogP contribution < -0.4 is 4.74 Å². The quantitative estimate of drug-likeness (QED) is 0.839. The van der Waals surface area contributed by atoms with E-state index in [4.69, 9.17) is 17.0 Å². The molecule has 6 heteroatoms. The third-order valence-electron chi connectivity index (χ3n) is 3.37. The fraction of sp³-hybridized carbons (Fsp3) is 0.500. The van der Waals surface area contributed by atoms with Gasteiger partial charge in [0.15, 0.2) is 11.5 Å². The van der Waals surface area contributed by atoms with Crippen LogP contribution in [-0.2, 0) is 0 Å². The first-order valence-corrected chi connectivity index (χ1v) is 7.86. The second-order valence-corrected chi connectivity index (χ2v) is 6.07. The van der Waals surface area contributed by atoms with Gasteiger partial charge in [0.1, 0.15) is 4.99 Å². The van der Waals surface area contributed by atoms with E-state index >= 15 is 0 Å². The van der Waals surface area contributed by atoms with E-state index in [-0.39, 0.29) is 5.75 Å². The van der Waals surface area contributed by atoms with Crippen LogP contribution >= 0.6 is 28.1 Å². The second kappa shape index (κ2) is 6.74. The highest BCUT2D eigenvalue weighted by atomic mass is 79.9. The van der Waals surface area contributed by atoms with E-state index in [9.17, 15) is 5.11 Å². The number of phenols is 1. The minimum absolute atomic E-state index is 0.122. The number of hydrogen-bond donors (Lipinski definition) is 1. The summed E-state index contributed by atoms with van der Waals surface area (Å²) >= 11 is 8.93. The molecule has 1 aromatic carbocycles. The van der Waals surface area contributed by atoms with Crippen molar-refractivity contribution in [1.29, 1.82) is 0 Å². The number of hydrogen-bond acceptors (Lipinski definition) is 4. The molecule has 0 unspecified atom stereocenters. The van der Waals surface area contributed by atoms with Gasteiger partial charge in [-0.25, -0.2) is 0 Å². The summed E-state index contributed by atoms with van der Waals surface area (Å²) in [6, 6.07) is 3.66. The van der Waals surface area contributed by atoms with Crippen molar-refractivity contribution in [2.24, 2.45) is 0 Å². The normalized spacial score (nSPS) is 16.2. The van der Waals surface area contributed by atoms with Crippen LogP contribution in [0.25, 0.3) is 0 Å². The van der Waals surface area contributed by atoms with Crippen molar-refractivity contribution in [3.63, 3.8) is 0 Å². The molecule has 0 aliphatic carbocycles. The molecule has 1 N–H and O–H groups in total. The van der Waals surface area contributed by atoms with Crippen molar-refractivity contribution in [1.82, 2.24) is 9.80 Å². The molecule has 0 spiro atoms. The van der Waals surface area contributed by atoms with Crippen LogP contribution in [0.1, 0.15) is 12.5 Å². The Balaban J connectivity index is 2.21. The van der Waals surface area contributed by atoms with Crippen LogP contribution in [0.3, 0.4) is 0 Å². The molecular formula is C14H19BrN2O2S. The smallest absolute Gasteiger partial charge is 0.172 e. The SMILES string of the molecule is CCOc1cc(C(=S)N2CCN(C)CC2)cc(Br)c1O. The predicted molar refractivity (Wildman–Crippen MR) is 87.7 cm³/mol. The number of halogens is 1. The maximum Gasteiger partial charge on any atom is 0.172 e. The van der Waals surface area contributed by atoms with Crippen LogP contribution in [0, 0.1) is 0 Å². The van der Waals surface area contributed by atoms with E-state index in [0.29, 0.717) is 16.8 Å². The second-order valence-electron chi connectivity index (χ2n) is 4.83. The molecule has 4 nitrogen and oxygen atoms in total. The summed E-state index contributed by atoms with van der Waals surface area (Å²) in [5, 5.41) is 9.94. The highest BCUT2D eigenvalue weighted by molar-refractivity contribution is 9.10. The molecule has 1 aliphatic rings. The Morgan fingerprint density at radius 1 is 1.35 bits per heavy atom. The molecular weight excluding hydrogens is 340 g/mol. The first-order chi connectivity index (χ1) is 9.52. The average molecular weight is 359 g/mol. The van der Waals surface area contributed by atoms with Gasteiger partial charge in [0, 0.05) is 31.7 Å². The highest BCUT2D eigenvalue weighted by Crippen LogP contribution is 2.36. The third-order valence-corrected chi connectivity index (χ3v) is 4.46. The van der Waals surface area contributed by atoms with Crippen molar-refractivity contribution >= 4 is 33.1 Å². The largest absolute Gasteiger partial charge is 0.503 e. The minimum Gasteiger partial charge on any atom is -0.503 e. The fourth-order valence-corrected chi connectivity index (χ4v) is 2.90. The van der Waals surface area contributed by atoms with Gasteiger partial charge >= 0.3 is 0 Å². The number of rotatable bonds is 3. The molecule has 1 heterocycles. The van der Waals surface area contributed by atoms with Gasteiger partial charge in [-0.2, -0.15) is 0 Å². The molecule has 0 amide bonds. The maximum absolute atomic E-state index is 9.94. The zero-order valence-electron chi connectivity index (χ0n) is 11.7. The van der Waals surface area contributed by atoms with Crippen LogP contribution in [0.4, 0.5) is 0 Å². The summed E-state index contributed by atoms with van der Waals surface area (Å²) in [6.07, 6.45) is 0. The Hall–Kier alpha value is -0.850. The Kier molecular flexibility index (Phi) is 5.23. The van der Waals surface area contributed by atoms with Crippen LogP contribution in [0.15, 0.2) is 16.6 Å². The lowest BCUT2D eigenvalue weighted by Crippen LogP contribution is -2.46. The average Bonchev–Trinajstić information content (AvgIpc) is 2.44. The fourth-order valence-electron chi connectivity index (χ4n) is 2.15. The van der Waals surface area contributed by atoms with E-state index in [1.807, 2.05) is 19.1 Å². The molecule has 110 valence electrons. The molecule has 0 atom stereocenters. The summed E-state index contributed by atoms with van der Waals surface area (Å²) in [7, 11) is 2.12. The van der Waals surface area contributed by atoms with E-state index in [2.05, 4.69) is 32.8 Å². The number of likely N-dealkylation sites (N-methyl/N-ethyl adjacent to an activating group) is 1. The van der Waals surface area contributed by atoms with Gasteiger partial charge in [0.2, 0.25) is 0 Å². The molecule has 20 heavy (non-hydrogen) atoms. The Bertz CT molecular complexity index is 502. The number of phenolic OH excluding ortho intramolecular Hbond substituents is 1. The summed E-state index contributed by atoms with van der Waals surface area (Å²) in [6.45, 7) is 6.27. The van der Waals surface area contributed by atoms with Gasteiger partial charge < -0.3 is 19.6 Å². The molecule has 0 bridgehead atoms. The maximum atomic E-state index is 9.94. The lowest BCUT2D eigenvalue weighted by atomic mass is 10.1. The lowest BCUT2D eigenvalue weighted by molar-refractivity contribution is 0.218. The highest BCUT2D eigenvalue weighted by Gasteiger charge is 2.19. The lowest BCUT2D eigenvalue weighted by Gasteiger charge is -2.34. The van der Waals surface area contributed by atoms with Crippen molar-refractivity contribution in [3.05, 3.63) is 22.2 Å². The number of benzene rings is 1. The van der Waals surface area contributed by atoms with Crippen LogP contribution in [-0.4, -0.2) is 59.7 Å².